The van der Waals surface area contributed by atoms with Crippen LogP contribution in [0, 0.1) is 0 Å². The molecule has 3 aromatic carbocycles. The Bertz CT molecular complexity index is 1470. The largest absolute Gasteiger partial charge is 0.435 e. The summed E-state index contributed by atoms with van der Waals surface area (Å²) in [4.78, 5) is 1.65. The number of para-hydroxylation sites is 1. The number of sulfone groups is 1. The summed E-state index contributed by atoms with van der Waals surface area (Å²) in [5.41, 5.74) is 1.33. The van der Waals surface area contributed by atoms with Crippen LogP contribution in [-0.2, 0) is 22.6 Å². The van der Waals surface area contributed by atoms with E-state index in [1.165, 1.54) is 0 Å². The molecule has 0 spiro atoms. The summed E-state index contributed by atoms with van der Waals surface area (Å²) >= 11 is 6.23. The lowest BCUT2D eigenvalue weighted by Gasteiger charge is -2.23. The summed E-state index contributed by atoms with van der Waals surface area (Å²) in [6, 6.07) is 21.7. The average Bonchev–Trinajstić information content (AvgIpc) is 3.23. The minimum absolute atomic E-state index is 0.0541. The van der Waals surface area contributed by atoms with E-state index in [-0.39, 0.29) is 27.8 Å². The van der Waals surface area contributed by atoms with E-state index in [1.807, 2.05) is 30.3 Å². The quantitative estimate of drug-likeness (QED) is 0.302. The van der Waals surface area contributed by atoms with Crippen LogP contribution >= 0.6 is 11.6 Å². The monoisotopic (exact) mass is 519 g/mol. The molecule has 0 aliphatic rings. The molecule has 0 aliphatic carbocycles. The smallest absolute Gasteiger partial charge is 0.368 e. The Morgan fingerprint density at radius 1 is 0.943 bits per heavy atom. The normalized spacial score (nSPS) is 12.1. The van der Waals surface area contributed by atoms with E-state index in [4.69, 9.17) is 11.6 Å². The second kappa shape index (κ2) is 9.39. The Hall–Kier alpha value is -3.30. The molecule has 0 bridgehead atoms. The number of aromatic nitrogens is 2. The zero-order chi connectivity index (χ0) is 25.4. The van der Waals surface area contributed by atoms with Gasteiger partial charge in [-0.1, -0.05) is 60.1 Å². The Kier molecular flexibility index (Phi) is 6.66. The lowest BCUT2D eigenvalue weighted by atomic mass is 10.1. The fourth-order valence-electron chi connectivity index (χ4n) is 3.77. The van der Waals surface area contributed by atoms with Crippen LogP contribution in [0.2, 0.25) is 5.02 Å². The van der Waals surface area contributed by atoms with Crippen LogP contribution < -0.4 is 4.90 Å². The molecule has 0 radical (unpaired) electrons. The van der Waals surface area contributed by atoms with Crippen LogP contribution in [-0.4, -0.2) is 31.5 Å². The van der Waals surface area contributed by atoms with E-state index in [9.17, 15) is 21.6 Å². The molecule has 0 atom stereocenters. The zero-order valence-electron chi connectivity index (χ0n) is 18.8. The summed E-state index contributed by atoms with van der Waals surface area (Å²) in [6.07, 6.45) is -3.56. The molecule has 1 heterocycles. The van der Waals surface area contributed by atoms with Crippen LogP contribution in [0.15, 0.2) is 83.8 Å². The van der Waals surface area contributed by atoms with Crippen molar-refractivity contribution in [1.29, 1.82) is 0 Å². The van der Waals surface area contributed by atoms with E-state index in [1.54, 1.807) is 54.4 Å². The van der Waals surface area contributed by atoms with Gasteiger partial charge >= 0.3 is 6.18 Å². The van der Waals surface area contributed by atoms with Crippen molar-refractivity contribution in [2.75, 3.05) is 18.2 Å². The van der Waals surface area contributed by atoms with Gasteiger partial charge in [0.25, 0.3) is 0 Å². The van der Waals surface area contributed by atoms with Crippen LogP contribution in [0.4, 0.5) is 18.9 Å². The summed E-state index contributed by atoms with van der Waals surface area (Å²) in [5, 5.41) is 3.98. The number of nitrogens with zero attached hydrogens (tertiary/aromatic N) is 3. The fraction of sp³-hybridized carbons (Fsp3) is 0.160. The van der Waals surface area contributed by atoms with Crippen molar-refractivity contribution in [3.05, 3.63) is 95.3 Å². The molecule has 0 amide bonds. The molecule has 0 saturated heterocycles. The Labute approximate surface area is 206 Å². The third kappa shape index (κ3) is 5.36. The SMILES string of the molecule is CN(Cc1cc(C(F)(F)F)nn1-c1ccccc1Cl)c1ccc(-c2ccccc2)cc1S(C)(=O)=O. The lowest BCUT2D eigenvalue weighted by molar-refractivity contribution is -0.141. The number of halogens is 4. The van der Waals surface area contributed by atoms with E-state index < -0.39 is 21.7 Å². The second-order valence-electron chi connectivity index (χ2n) is 8.06. The van der Waals surface area contributed by atoms with Crippen molar-refractivity contribution < 1.29 is 21.6 Å². The van der Waals surface area contributed by atoms with Gasteiger partial charge in [0.1, 0.15) is 0 Å². The lowest BCUT2D eigenvalue weighted by Crippen LogP contribution is -2.21. The van der Waals surface area contributed by atoms with E-state index in [0.717, 1.165) is 22.6 Å². The highest BCUT2D eigenvalue weighted by Gasteiger charge is 2.35. The molecule has 35 heavy (non-hydrogen) atoms. The number of hydrogen-bond acceptors (Lipinski definition) is 4. The molecular formula is C25H21ClF3N3O2S. The van der Waals surface area contributed by atoms with Gasteiger partial charge in [-0.3, -0.25) is 0 Å². The van der Waals surface area contributed by atoms with Gasteiger partial charge in [-0.2, -0.15) is 18.3 Å². The van der Waals surface area contributed by atoms with Crippen molar-refractivity contribution >= 4 is 27.1 Å². The van der Waals surface area contributed by atoms with Crippen molar-refractivity contribution in [3.63, 3.8) is 0 Å². The Morgan fingerprint density at radius 2 is 1.60 bits per heavy atom. The Morgan fingerprint density at radius 3 is 2.23 bits per heavy atom. The highest BCUT2D eigenvalue weighted by atomic mass is 35.5. The van der Waals surface area contributed by atoms with E-state index in [2.05, 4.69) is 5.10 Å². The third-order valence-corrected chi connectivity index (χ3v) is 6.88. The zero-order valence-corrected chi connectivity index (χ0v) is 20.4. The summed E-state index contributed by atoms with van der Waals surface area (Å²) in [7, 11) is -2.04. The van der Waals surface area contributed by atoms with Gasteiger partial charge in [0.15, 0.2) is 15.5 Å². The standard InChI is InChI=1S/C25H21ClF3N3O2S/c1-31(22-13-12-18(14-23(22)35(2,33)34)17-8-4-3-5-9-17)16-19-15-24(25(27,28)29)30-32(19)21-11-7-6-10-20(21)26/h3-15H,16H2,1-2H3. The molecule has 0 aliphatic heterocycles. The van der Waals surface area contributed by atoms with Gasteiger partial charge < -0.3 is 4.90 Å². The van der Waals surface area contributed by atoms with Gasteiger partial charge in [0.05, 0.1) is 33.5 Å². The minimum atomic E-state index is -4.66. The minimum Gasteiger partial charge on any atom is -0.368 e. The van der Waals surface area contributed by atoms with Crippen molar-refractivity contribution in [2.24, 2.45) is 0 Å². The van der Waals surface area contributed by atoms with Gasteiger partial charge in [0, 0.05) is 13.3 Å². The number of alkyl halides is 3. The number of rotatable bonds is 6. The van der Waals surface area contributed by atoms with Crippen LogP contribution in [0.25, 0.3) is 16.8 Å². The summed E-state index contributed by atoms with van der Waals surface area (Å²) in [5.74, 6) is 0. The van der Waals surface area contributed by atoms with Crippen LogP contribution in [0.3, 0.4) is 0 Å². The Balaban J connectivity index is 1.78. The highest BCUT2D eigenvalue weighted by Crippen LogP contribution is 2.34. The first-order valence-corrected chi connectivity index (χ1v) is 12.7. The third-order valence-electron chi connectivity index (χ3n) is 5.43. The maximum absolute atomic E-state index is 13.5. The molecule has 0 saturated carbocycles. The first-order chi connectivity index (χ1) is 16.4. The van der Waals surface area contributed by atoms with Crippen molar-refractivity contribution in [3.8, 4) is 16.8 Å². The molecule has 4 aromatic rings. The predicted octanol–water partition coefficient (Wildman–Crippen LogP) is 6.25. The van der Waals surface area contributed by atoms with Crippen molar-refractivity contribution in [2.45, 2.75) is 17.6 Å². The molecule has 0 unspecified atom stereocenters. The molecule has 0 fully saturated rings. The first-order valence-electron chi connectivity index (χ1n) is 10.5. The van der Waals surface area contributed by atoms with Crippen LogP contribution in [0.1, 0.15) is 11.4 Å². The molecule has 4 rings (SSSR count). The number of benzene rings is 3. The van der Waals surface area contributed by atoms with Gasteiger partial charge in [-0.05, 0) is 41.5 Å². The maximum atomic E-state index is 13.5. The fourth-order valence-corrected chi connectivity index (χ4v) is 4.93. The van der Waals surface area contributed by atoms with Gasteiger partial charge in [-0.25, -0.2) is 13.1 Å². The second-order valence-corrected chi connectivity index (χ2v) is 10.5. The molecule has 10 heteroatoms. The average molecular weight is 520 g/mol. The van der Waals surface area contributed by atoms with Crippen LogP contribution in [0.5, 0.6) is 0 Å². The van der Waals surface area contributed by atoms with Crippen molar-refractivity contribution in [1.82, 2.24) is 9.78 Å². The molecule has 5 nitrogen and oxygen atoms in total. The summed E-state index contributed by atoms with van der Waals surface area (Å²) in [6.45, 7) is -0.0541. The topological polar surface area (TPSA) is 55.2 Å². The maximum Gasteiger partial charge on any atom is 0.435 e. The number of hydrogen-bond donors (Lipinski definition) is 0. The molecule has 1 aromatic heterocycles. The van der Waals surface area contributed by atoms with E-state index in [0.29, 0.717) is 11.3 Å². The molecule has 182 valence electrons. The summed E-state index contributed by atoms with van der Waals surface area (Å²) < 4.78 is 66.9. The first kappa shape index (κ1) is 24.8. The number of anilines is 1. The molecular weight excluding hydrogens is 499 g/mol. The molecule has 0 N–H and O–H groups in total. The predicted molar refractivity (Wildman–Crippen MR) is 131 cm³/mol. The van der Waals surface area contributed by atoms with E-state index >= 15 is 0 Å². The highest BCUT2D eigenvalue weighted by molar-refractivity contribution is 7.90. The van der Waals surface area contributed by atoms with Gasteiger partial charge in [0.2, 0.25) is 0 Å². The van der Waals surface area contributed by atoms with Gasteiger partial charge in [-0.15, -0.1) is 0 Å².